The minimum Gasteiger partial charge on any atom is -0.357 e. The molecular weight excluding hydrogens is 617 g/mol. The van der Waals surface area contributed by atoms with Crippen molar-refractivity contribution in [3.05, 3.63) is 129 Å². The molecule has 0 spiro atoms. The highest BCUT2D eigenvalue weighted by Gasteiger charge is 2.34. The van der Waals surface area contributed by atoms with Gasteiger partial charge in [-0.1, -0.05) is 83.4 Å². The predicted molar refractivity (Wildman–Crippen MR) is 177 cm³/mol. The number of halogens is 2. The molecule has 1 atom stereocenters. The Kier molecular flexibility index (Phi) is 10.7. The van der Waals surface area contributed by atoms with E-state index in [2.05, 4.69) is 5.32 Å². The Morgan fingerprint density at radius 3 is 2.14 bits per heavy atom. The Morgan fingerprint density at radius 2 is 1.52 bits per heavy atom. The number of amides is 2. The topological polar surface area (TPSA) is 86.8 Å². The van der Waals surface area contributed by atoms with E-state index in [-0.39, 0.29) is 17.9 Å². The molecule has 0 aliphatic heterocycles. The van der Waals surface area contributed by atoms with Crippen LogP contribution in [0.15, 0.2) is 95.9 Å². The van der Waals surface area contributed by atoms with Crippen molar-refractivity contribution in [1.29, 1.82) is 0 Å². The van der Waals surface area contributed by atoms with Crippen LogP contribution in [0.1, 0.15) is 27.8 Å². The molecule has 0 saturated carbocycles. The van der Waals surface area contributed by atoms with Gasteiger partial charge in [0.25, 0.3) is 10.0 Å². The van der Waals surface area contributed by atoms with Gasteiger partial charge in [-0.05, 0) is 79.4 Å². The first-order chi connectivity index (χ1) is 20.9. The van der Waals surface area contributed by atoms with Crippen molar-refractivity contribution in [1.82, 2.24) is 10.2 Å². The van der Waals surface area contributed by atoms with Gasteiger partial charge >= 0.3 is 0 Å². The highest BCUT2D eigenvalue weighted by Crippen LogP contribution is 2.28. The highest BCUT2D eigenvalue weighted by atomic mass is 35.5. The van der Waals surface area contributed by atoms with Gasteiger partial charge < -0.3 is 10.2 Å². The summed E-state index contributed by atoms with van der Waals surface area (Å²) in [7, 11) is -2.68. The number of nitrogens with zero attached hydrogens (tertiary/aromatic N) is 2. The molecule has 44 heavy (non-hydrogen) atoms. The number of sulfonamides is 1. The number of carbonyl (C=O) groups is 2. The number of rotatable bonds is 11. The van der Waals surface area contributed by atoms with Crippen molar-refractivity contribution in [2.75, 3.05) is 17.9 Å². The molecule has 0 saturated heterocycles. The first-order valence-electron chi connectivity index (χ1n) is 14.1. The van der Waals surface area contributed by atoms with Crippen LogP contribution in [0, 0.1) is 20.8 Å². The van der Waals surface area contributed by atoms with E-state index >= 15 is 0 Å². The summed E-state index contributed by atoms with van der Waals surface area (Å²) in [6, 6.07) is 25.0. The summed E-state index contributed by atoms with van der Waals surface area (Å²) in [5.74, 6) is -0.971. The molecule has 0 aliphatic rings. The van der Waals surface area contributed by atoms with E-state index in [1.807, 2.05) is 57.2 Å². The lowest BCUT2D eigenvalue weighted by Gasteiger charge is -2.34. The average molecular weight is 653 g/mol. The highest BCUT2D eigenvalue weighted by molar-refractivity contribution is 7.92. The van der Waals surface area contributed by atoms with Crippen LogP contribution in [-0.4, -0.2) is 44.8 Å². The largest absolute Gasteiger partial charge is 0.357 e. The summed E-state index contributed by atoms with van der Waals surface area (Å²) in [6.45, 7) is 5.08. The van der Waals surface area contributed by atoms with E-state index in [1.165, 1.54) is 24.1 Å². The van der Waals surface area contributed by atoms with Crippen LogP contribution in [0.25, 0.3) is 0 Å². The molecule has 230 valence electrons. The maximum Gasteiger partial charge on any atom is 0.264 e. The van der Waals surface area contributed by atoms with Crippen molar-refractivity contribution in [2.45, 2.75) is 44.7 Å². The molecule has 7 nitrogen and oxygen atoms in total. The van der Waals surface area contributed by atoms with Crippen LogP contribution in [-0.2, 0) is 32.6 Å². The lowest BCUT2D eigenvalue weighted by atomic mass is 10.0. The SMILES string of the molecule is CNC(=O)[C@H](Cc1ccccc1)N(Cc1ccc(Cl)cc1Cl)C(=O)CN(c1ccc(C)c(C)c1)S(=O)(=O)c1ccc(C)cc1. The summed E-state index contributed by atoms with van der Waals surface area (Å²) < 4.78 is 29.4. The average Bonchev–Trinajstić information content (AvgIpc) is 3.00. The summed E-state index contributed by atoms with van der Waals surface area (Å²) in [5, 5.41) is 3.42. The van der Waals surface area contributed by atoms with Gasteiger partial charge in [0, 0.05) is 30.1 Å². The lowest BCUT2D eigenvalue weighted by molar-refractivity contribution is -0.139. The standard InChI is InChI=1S/C34H35Cl2N3O4S/c1-23-10-16-30(17-11-23)44(42,43)39(29-15-12-24(2)25(3)18-29)22-33(40)38(21-27-13-14-28(35)20-31(27)36)32(34(41)37-4)19-26-8-6-5-7-9-26/h5-18,20,32H,19,21-22H2,1-4H3,(H,37,41)/t32-/m0/s1. The summed E-state index contributed by atoms with van der Waals surface area (Å²) in [5.41, 5.74) is 4.49. The van der Waals surface area contributed by atoms with E-state index < -0.39 is 34.4 Å². The molecule has 4 aromatic rings. The van der Waals surface area contributed by atoms with E-state index in [0.717, 1.165) is 26.6 Å². The second-order valence-electron chi connectivity index (χ2n) is 10.7. The zero-order valence-corrected chi connectivity index (χ0v) is 27.4. The summed E-state index contributed by atoms with van der Waals surface area (Å²) >= 11 is 12.7. The Hall–Kier alpha value is -3.85. The molecule has 4 aromatic carbocycles. The van der Waals surface area contributed by atoms with E-state index in [1.54, 1.807) is 42.5 Å². The molecule has 1 N–H and O–H groups in total. The van der Waals surface area contributed by atoms with Gasteiger partial charge in [0.1, 0.15) is 12.6 Å². The molecule has 0 unspecified atom stereocenters. The smallest absolute Gasteiger partial charge is 0.264 e. The zero-order chi connectivity index (χ0) is 32.0. The second-order valence-corrected chi connectivity index (χ2v) is 13.4. The van der Waals surface area contributed by atoms with Crippen molar-refractivity contribution in [3.63, 3.8) is 0 Å². The molecule has 0 fully saturated rings. The Bertz CT molecular complexity index is 1750. The predicted octanol–water partition coefficient (Wildman–Crippen LogP) is 6.50. The van der Waals surface area contributed by atoms with Gasteiger partial charge in [0.2, 0.25) is 11.8 Å². The summed E-state index contributed by atoms with van der Waals surface area (Å²) in [6.07, 6.45) is 0.200. The quantitative estimate of drug-likeness (QED) is 0.201. The number of aryl methyl sites for hydroxylation is 3. The van der Waals surface area contributed by atoms with E-state index in [0.29, 0.717) is 21.3 Å². The Labute approximate surface area is 269 Å². The van der Waals surface area contributed by atoms with Crippen molar-refractivity contribution < 1.29 is 18.0 Å². The van der Waals surface area contributed by atoms with Crippen LogP contribution in [0.2, 0.25) is 10.0 Å². The molecular formula is C34H35Cl2N3O4S. The minimum absolute atomic E-state index is 0.0496. The van der Waals surface area contributed by atoms with Crippen LogP contribution in [0.3, 0.4) is 0 Å². The maximum absolute atomic E-state index is 14.4. The number of anilines is 1. The molecule has 0 aliphatic carbocycles. The number of carbonyl (C=O) groups excluding carboxylic acids is 2. The molecule has 4 rings (SSSR count). The van der Waals surface area contributed by atoms with Gasteiger partial charge in [-0.25, -0.2) is 8.42 Å². The van der Waals surface area contributed by atoms with Crippen LogP contribution >= 0.6 is 23.2 Å². The first kappa shape index (κ1) is 33.1. The van der Waals surface area contributed by atoms with Gasteiger partial charge in [-0.15, -0.1) is 0 Å². The molecule has 0 bridgehead atoms. The van der Waals surface area contributed by atoms with Crippen LogP contribution in [0.4, 0.5) is 5.69 Å². The van der Waals surface area contributed by atoms with Gasteiger partial charge in [-0.3, -0.25) is 13.9 Å². The third kappa shape index (κ3) is 7.80. The Balaban J connectivity index is 1.82. The number of nitrogens with one attached hydrogen (secondary N) is 1. The molecule has 2 amide bonds. The zero-order valence-electron chi connectivity index (χ0n) is 25.1. The first-order valence-corrected chi connectivity index (χ1v) is 16.3. The van der Waals surface area contributed by atoms with E-state index in [4.69, 9.17) is 23.2 Å². The third-order valence-corrected chi connectivity index (χ3v) is 9.91. The fourth-order valence-electron chi connectivity index (χ4n) is 4.80. The fourth-order valence-corrected chi connectivity index (χ4v) is 6.68. The maximum atomic E-state index is 14.4. The van der Waals surface area contributed by atoms with Crippen molar-refractivity contribution in [3.8, 4) is 0 Å². The second kappa shape index (κ2) is 14.3. The normalized spacial score (nSPS) is 12.0. The summed E-state index contributed by atoms with van der Waals surface area (Å²) in [4.78, 5) is 29.2. The molecule has 0 aromatic heterocycles. The van der Waals surface area contributed by atoms with Crippen molar-refractivity contribution in [2.24, 2.45) is 0 Å². The van der Waals surface area contributed by atoms with Gasteiger partial charge in [-0.2, -0.15) is 0 Å². The molecule has 0 heterocycles. The number of benzene rings is 4. The molecule has 0 radical (unpaired) electrons. The van der Waals surface area contributed by atoms with Crippen LogP contribution < -0.4 is 9.62 Å². The number of hydrogen-bond donors (Lipinski definition) is 1. The van der Waals surface area contributed by atoms with Gasteiger partial charge in [0.15, 0.2) is 0 Å². The van der Waals surface area contributed by atoms with E-state index in [9.17, 15) is 18.0 Å². The fraction of sp³-hybridized carbons (Fsp3) is 0.235. The van der Waals surface area contributed by atoms with Gasteiger partial charge in [0.05, 0.1) is 10.6 Å². The lowest BCUT2D eigenvalue weighted by Crippen LogP contribution is -2.53. The van der Waals surface area contributed by atoms with Crippen LogP contribution in [0.5, 0.6) is 0 Å². The number of likely N-dealkylation sites (N-methyl/N-ethyl adjacent to an activating group) is 1. The monoisotopic (exact) mass is 651 g/mol. The molecule has 10 heteroatoms. The Morgan fingerprint density at radius 1 is 0.841 bits per heavy atom. The number of hydrogen-bond acceptors (Lipinski definition) is 4. The third-order valence-electron chi connectivity index (χ3n) is 7.54. The minimum atomic E-state index is -4.18. The van der Waals surface area contributed by atoms with Crippen molar-refractivity contribution >= 4 is 50.7 Å².